The summed E-state index contributed by atoms with van der Waals surface area (Å²) in [6.07, 6.45) is 3.70. The van der Waals surface area contributed by atoms with E-state index in [1.165, 1.54) is 0 Å². The monoisotopic (exact) mass is 556 g/mol. The average molecular weight is 556 g/mol. The third-order valence-electron chi connectivity index (χ3n) is 4.68. The van der Waals surface area contributed by atoms with Gasteiger partial charge in [0.1, 0.15) is 12.4 Å². The van der Waals surface area contributed by atoms with Crippen molar-refractivity contribution >= 4 is 29.9 Å². The van der Waals surface area contributed by atoms with Gasteiger partial charge in [-0.3, -0.25) is 4.79 Å². The van der Waals surface area contributed by atoms with Crippen molar-refractivity contribution in [2.24, 2.45) is 4.99 Å². The first-order chi connectivity index (χ1) is 15.1. The van der Waals surface area contributed by atoms with E-state index in [-0.39, 0.29) is 29.5 Å². The molecule has 2 N–H and O–H groups in total. The van der Waals surface area contributed by atoms with Crippen molar-refractivity contribution in [3.8, 4) is 5.75 Å². The lowest BCUT2D eigenvalue weighted by atomic mass is 10.1. The van der Waals surface area contributed by atoms with Gasteiger partial charge in [0.2, 0.25) is 5.56 Å². The van der Waals surface area contributed by atoms with Gasteiger partial charge in [0, 0.05) is 44.1 Å². The third-order valence-corrected chi connectivity index (χ3v) is 4.68. The minimum atomic E-state index is 0. The van der Waals surface area contributed by atoms with Crippen LogP contribution in [0.1, 0.15) is 37.8 Å². The summed E-state index contributed by atoms with van der Waals surface area (Å²) in [4.78, 5) is 16.5. The maximum atomic E-state index is 11.7. The zero-order chi connectivity index (χ0) is 22.3. The van der Waals surface area contributed by atoms with Gasteiger partial charge in [-0.15, -0.1) is 24.0 Å². The van der Waals surface area contributed by atoms with Crippen LogP contribution in [0.2, 0.25) is 0 Å². The highest BCUT2D eigenvalue weighted by molar-refractivity contribution is 14.0. The lowest BCUT2D eigenvalue weighted by Gasteiger charge is -2.14. The number of unbranched alkanes of at least 4 members (excludes halogenated alkanes) is 1. The van der Waals surface area contributed by atoms with Crippen molar-refractivity contribution in [1.82, 2.24) is 15.2 Å². The third kappa shape index (κ3) is 10.5. The SMILES string of the molecule is CCNC(=NCc1ccc(C)cc1OCCOCC)NCCCCn1ccccc1=O.I. The number of aryl methyl sites for hydroxylation is 2. The van der Waals surface area contributed by atoms with Gasteiger partial charge in [-0.05, 0) is 51.3 Å². The molecule has 7 nitrogen and oxygen atoms in total. The molecular weight excluding hydrogens is 519 g/mol. The molecule has 0 atom stereocenters. The van der Waals surface area contributed by atoms with Crippen molar-refractivity contribution in [3.63, 3.8) is 0 Å². The first kappa shape index (κ1) is 28.0. The van der Waals surface area contributed by atoms with E-state index in [4.69, 9.17) is 14.5 Å². The molecule has 0 spiro atoms. The summed E-state index contributed by atoms with van der Waals surface area (Å²) >= 11 is 0. The van der Waals surface area contributed by atoms with Crippen LogP contribution in [0.4, 0.5) is 0 Å². The van der Waals surface area contributed by atoms with Gasteiger partial charge in [0.25, 0.3) is 0 Å². The number of aliphatic imine (C=N–C) groups is 1. The Labute approximate surface area is 208 Å². The van der Waals surface area contributed by atoms with Crippen LogP contribution in [-0.2, 0) is 17.8 Å². The molecule has 0 unspecified atom stereocenters. The zero-order valence-electron chi connectivity index (χ0n) is 19.4. The lowest BCUT2D eigenvalue weighted by Crippen LogP contribution is -2.37. The molecule has 2 aromatic rings. The Bertz CT molecular complexity index is 870. The predicted octanol–water partition coefficient (Wildman–Crippen LogP) is 3.73. The molecule has 0 saturated heterocycles. The quantitative estimate of drug-likeness (QED) is 0.170. The van der Waals surface area contributed by atoms with E-state index >= 15 is 0 Å². The largest absolute Gasteiger partial charge is 0.491 e. The topological polar surface area (TPSA) is 76.9 Å². The molecule has 0 saturated carbocycles. The van der Waals surface area contributed by atoms with E-state index in [0.29, 0.717) is 26.4 Å². The molecule has 0 aliphatic heterocycles. The number of hydrogen-bond donors (Lipinski definition) is 2. The van der Waals surface area contributed by atoms with Gasteiger partial charge in [0.15, 0.2) is 5.96 Å². The van der Waals surface area contributed by atoms with E-state index in [0.717, 1.165) is 55.3 Å². The molecule has 178 valence electrons. The molecule has 0 radical (unpaired) electrons. The standard InChI is InChI=1S/C24H36N4O3.HI/c1-4-25-24(26-13-7-9-15-28-14-8-6-10-23(28)29)27-19-21-12-11-20(3)18-22(21)31-17-16-30-5-2;/h6,8,10-12,14,18H,4-5,7,9,13,15-17,19H2,1-3H3,(H2,25,26,27);1H. The fourth-order valence-corrected chi connectivity index (χ4v) is 3.05. The Kier molecular flexibility index (Phi) is 14.5. The van der Waals surface area contributed by atoms with Gasteiger partial charge >= 0.3 is 0 Å². The van der Waals surface area contributed by atoms with Gasteiger partial charge in [0.05, 0.1) is 13.2 Å². The number of halogens is 1. The summed E-state index contributed by atoms with van der Waals surface area (Å²) in [6, 6.07) is 11.4. The lowest BCUT2D eigenvalue weighted by molar-refractivity contribution is 0.110. The Balaban J connectivity index is 0.00000512. The molecule has 0 aliphatic carbocycles. The number of ether oxygens (including phenoxy) is 2. The summed E-state index contributed by atoms with van der Waals surface area (Å²) in [6.45, 7) is 10.7. The smallest absolute Gasteiger partial charge is 0.250 e. The van der Waals surface area contributed by atoms with Gasteiger partial charge in [-0.2, -0.15) is 0 Å². The molecule has 1 aromatic carbocycles. The number of pyridine rings is 1. The summed E-state index contributed by atoms with van der Waals surface area (Å²) < 4.78 is 13.0. The van der Waals surface area contributed by atoms with Crippen molar-refractivity contribution < 1.29 is 9.47 Å². The minimum absolute atomic E-state index is 0. The van der Waals surface area contributed by atoms with Crippen LogP contribution in [-0.4, -0.2) is 43.4 Å². The molecule has 0 amide bonds. The fourth-order valence-electron chi connectivity index (χ4n) is 3.05. The Morgan fingerprint density at radius 3 is 2.69 bits per heavy atom. The van der Waals surface area contributed by atoms with Crippen molar-refractivity contribution in [2.45, 2.75) is 46.7 Å². The molecule has 2 rings (SSSR count). The number of aromatic nitrogens is 1. The first-order valence-corrected chi connectivity index (χ1v) is 11.1. The van der Waals surface area contributed by atoms with E-state index in [2.05, 4.69) is 29.7 Å². The number of nitrogens with one attached hydrogen (secondary N) is 2. The Hall–Kier alpha value is -2.07. The zero-order valence-corrected chi connectivity index (χ0v) is 21.8. The molecule has 0 fully saturated rings. The summed E-state index contributed by atoms with van der Waals surface area (Å²) in [5.74, 6) is 1.63. The number of rotatable bonds is 13. The van der Waals surface area contributed by atoms with Gasteiger partial charge < -0.3 is 24.7 Å². The minimum Gasteiger partial charge on any atom is -0.491 e. The van der Waals surface area contributed by atoms with Crippen LogP contribution in [0, 0.1) is 6.92 Å². The number of hydrogen-bond acceptors (Lipinski definition) is 4. The highest BCUT2D eigenvalue weighted by atomic mass is 127. The second-order valence-corrected chi connectivity index (χ2v) is 7.22. The number of guanidine groups is 1. The highest BCUT2D eigenvalue weighted by Crippen LogP contribution is 2.21. The fraction of sp³-hybridized carbons (Fsp3) is 0.500. The summed E-state index contributed by atoms with van der Waals surface area (Å²) in [5, 5.41) is 6.66. The maximum absolute atomic E-state index is 11.7. The molecular formula is C24H37IN4O3. The predicted molar refractivity (Wildman–Crippen MR) is 141 cm³/mol. The van der Waals surface area contributed by atoms with Crippen LogP contribution in [0.15, 0.2) is 52.4 Å². The summed E-state index contributed by atoms with van der Waals surface area (Å²) in [5.41, 5.74) is 2.24. The van der Waals surface area contributed by atoms with E-state index < -0.39 is 0 Å². The van der Waals surface area contributed by atoms with Gasteiger partial charge in [-0.1, -0.05) is 18.2 Å². The molecule has 0 bridgehead atoms. The Morgan fingerprint density at radius 2 is 1.94 bits per heavy atom. The van der Waals surface area contributed by atoms with Gasteiger partial charge in [-0.25, -0.2) is 4.99 Å². The van der Waals surface area contributed by atoms with Crippen LogP contribution >= 0.6 is 24.0 Å². The number of nitrogens with zero attached hydrogens (tertiary/aromatic N) is 2. The Morgan fingerprint density at radius 1 is 1.09 bits per heavy atom. The first-order valence-electron chi connectivity index (χ1n) is 11.1. The normalized spacial score (nSPS) is 11.0. The summed E-state index contributed by atoms with van der Waals surface area (Å²) in [7, 11) is 0. The van der Waals surface area contributed by atoms with Crippen LogP contribution < -0.4 is 20.9 Å². The van der Waals surface area contributed by atoms with E-state index in [9.17, 15) is 4.79 Å². The average Bonchev–Trinajstić information content (AvgIpc) is 2.77. The second-order valence-electron chi connectivity index (χ2n) is 7.22. The van der Waals surface area contributed by atoms with Crippen molar-refractivity contribution in [1.29, 1.82) is 0 Å². The number of benzene rings is 1. The second kappa shape index (κ2) is 16.5. The maximum Gasteiger partial charge on any atom is 0.250 e. The van der Waals surface area contributed by atoms with Crippen molar-refractivity contribution in [3.05, 3.63) is 64.1 Å². The van der Waals surface area contributed by atoms with Crippen LogP contribution in [0.25, 0.3) is 0 Å². The van der Waals surface area contributed by atoms with Crippen molar-refractivity contribution in [2.75, 3.05) is 32.9 Å². The van der Waals surface area contributed by atoms with Crippen LogP contribution in [0.3, 0.4) is 0 Å². The van der Waals surface area contributed by atoms with E-state index in [1.54, 1.807) is 16.7 Å². The molecule has 32 heavy (non-hydrogen) atoms. The molecule has 8 heteroatoms. The molecule has 1 heterocycles. The molecule has 1 aromatic heterocycles. The van der Waals surface area contributed by atoms with Crippen LogP contribution in [0.5, 0.6) is 5.75 Å². The molecule has 0 aliphatic rings. The highest BCUT2D eigenvalue weighted by Gasteiger charge is 2.05. The van der Waals surface area contributed by atoms with E-state index in [1.807, 2.05) is 32.2 Å².